The van der Waals surface area contributed by atoms with E-state index in [0.717, 1.165) is 11.3 Å². The highest BCUT2D eigenvalue weighted by molar-refractivity contribution is 7.18. The van der Waals surface area contributed by atoms with Crippen LogP contribution in [0.1, 0.15) is 32.1 Å². The van der Waals surface area contributed by atoms with E-state index in [9.17, 15) is 14.4 Å². The van der Waals surface area contributed by atoms with E-state index in [4.69, 9.17) is 4.74 Å². The highest BCUT2D eigenvalue weighted by Gasteiger charge is 2.31. The summed E-state index contributed by atoms with van der Waals surface area (Å²) in [5.41, 5.74) is 0.497. The highest BCUT2D eigenvalue weighted by atomic mass is 32.1. The van der Waals surface area contributed by atoms with Gasteiger partial charge in [0.25, 0.3) is 5.56 Å². The Morgan fingerprint density at radius 1 is 1.33 bits per heavy atom. The molecule has 9 heteroatoms. The maximum absolute atomic E-state index is 12.8. The van der Waals surface area contributed by atoms with E-state index < -0.39 is 18.0 Å². The summed E-state index contributed by atoms with van der Waals surface area (Å²) in [5.74, 6) is -0.502. The fourth-order valence-electron chi connectivity index (χ4n) is 3.05. The number of hydrogen-bond acceptors (Lipinski definition) is 6. The summed E-state index contributed by atoms with van der Waals surface area (Å²) in [5, 5.41) is 5.92. The number of carbonyl (C=O) groups is 2. The molecule has 0 aliphatic carbocycles. The molecule has 0 saturated carbocycles. The van der Waals surface area contributed by atoms with Crippen LogP contribution in [0.5, 0.6) is 0 Å². The van der Waals surface area contributed by atoms with Gasteiger partial charge in [-0.2, -0.15) is 0 Å². The predicted octanol–water partition coefficient (Wildman–Crippen LogP) is 1.93. The van der Waals surface area contributed by atoms with Gasteiger partial charge in [-0.05, 0) is 25.8 Å². The fraction of sp³-hybridized carbons (Fsp3) is 0.444. The maximum atomic E-state index is 12.8. The SMILES string of the molecule is CCOC(=O)C1=C(Cn2cnc3sc(CC)cc3c2=O)NC(=O)NC1CC. The van der Waals surface area contributed by atoms with Crippen molar-refractivity contribution in [3.05, 3.63) is 38.9 Å². The Balaban J connectivity index is 2.05. The number of ether oxygens (including phenoxy) is 1. The Kier molecular flexibility index (Phi) is 5.59. The third-order valence-electron chi connectivity index (χ3n) is 4.39. The highest BCUT2D eigenvalue weighted by Crippen LogP contribution is 2.22. The number of hydrogen-bond donors (Lipinski definition) is 2. The summed E-state index contributed by atoms with van der Waals surface area (Å²) in [6.07, 6.45) is 2.81. The lowest BCUT2D eigenvalue weighted by Gasteiger charge is -2.28. The van der Waals surface area contributed by atoms with Crippen molar-refractivity contribution in [1.29, 1.82) is 0 Å². The number of esters is 1. The molecule has 2 amide bonds. The second-order valence-corrected chi connectivity index (χ2v) is 7.25. The van der Waals surface area contributed by atoms with E-state index >= 15 is 0 Å². The number of rotatable bonds is 6. The summed E-state index contributed by atoms with van der Waals surface area (Å²) in [6.45, 7) is 5.87. The molecule has 144 valence electrons. The van der Waals surface area contributed by atoms with Crippen LogP contribution in [0, 0.1) is 0 Å². The number of aromatic nitrogens is 2. The molecule has 8 nitrogen and oxygen atoms in total. The summed E-state index contributed by atoms with van der Waals surface area (Å²) in [6, 6.07) is 0.978. The zero-order chi connectivity index (χ0) is 19.6. The van der Waals surface area contributed by atoms with E-state index in [1.807, 2.05) is 19.9 Å². The number of thiophene rings is 1. The lowest BCUT2D eigenvalue weighted by atomic mass is 10.00. The molecule has 1 atom stereocenters. The van der Waals surface area contributed by atoms with Crippen LogP contribution in [-0.2, 0) is 22.5 Å². The number of nitrogens with one attached hydrogen (secondary N) is 2. The molecule has 1 aliphatic rings. The van der Waals surface area contributed by atoms with Gasteiger partial charge >= 0.3 is 12.0 Å². The molecule has 27 heavy (non-hydrogen) atoms. The molecule has 1 unspecified atom stereocenters. The number of aryl methyl sites for hydroxylation is 1. The molecule has 0 saturated heterocycles. The van der Waals surface area contributed by atoms with Crippen LogP contribution < -0.4 is 16.2 Å². The van der Waals surface area contributed by atoms with Crippen molar-refractivity contribution in [3.63, 3.8) is 0 Å². The molecule has 3 rings (SSSR count). The third kappa shape index (κ3) is 3.73. The van der Waals surface area contributed by atoms with Crippen molar-refractivity contribution in [1.82, 2.24) is 20.2 Å². The number of amides is 2. The van der Waals surface area contributed by atoms with Gasteiger partial charge in [0.15, 0.2) is 0 Å². The normalized spacial score (nSPS) is 17.0. The maximum Gasteiger partial charge on any atom is 0.337 e. The third-order valence-corrected chi connectivity index (χ3v) is 5.58. The first-order valence-corrected chi connectivity index (χ1v) is 9.75. The molecule has 2 N–H and O–H groups in total. The smallest absolute Gasteiger partial charge is 0.337 e. The summed E-state index contributed by atoms with van der Waals surface area (Å²) < 4.78 is 6.55. The standard InChI is InChI=1S/C18H22N4O4S/c1-4-10-7-11-15(27-10)19-9-22(16(11)23)8-13-14(17(24)26-6-3)12(5-2)20-18(25)21-13/h7,9,12H,4-6,8H2,1-3H3,(H2,20,21,25). The Bertz CT molecular complexity index is 975. The van der Waals surface area contributed by atoms with Crippen molar-refractivity contribution in [3.8, 4) is 0 Å². The summed E-state index contributed by atoms with van der Waals surface area (Å²) in [4.78, 5) is 43.4. The zero-order valence-electron chi connectivity index (χ0n) is 15.5. The molecule has 0 fully saturated rings. The zero-order valence-corrected chi connectivity index (χ0v) is 16.3. The van der Waals surface area contributed by atoms with Crippen LogP contribution in [-0.4, -0.2) is 34.2 Å². The van der Waals surface area contributed by atoms with Gasteiger partial charge < -0.3 is 15.4 Å². The van der Waals surface area contributed by atoms with Crippen LogP contribution in [0.3, 0.4) is 0 Å². The average molecular weight is 390 g/mol. The van der Waals surface area contributed by atoms with Gasteiger partial charge in [0.2, 0.25) is 0 Å². The number of fused-ring (bicyclic) bond motifs is 1. The first kappa shape index (κ1) is 19.1. The van der Waals surface area contributed by atoms with Gasteiger partial charge in [-0.3, -0.25) is 9.36 Å². The van der Waals surface area contributed by atoms with E-state index in [-0.39, 0.29) is 18.7 Å². The van der Waals surface area contributed by atoms with Gasteiger partial charge in [-0.25, -0.2) is 14.6 Å². The number of carbonyl (C=O) groups excluding carboxylic acids is 2. The predicted molar refractivity (Wildman–Crippen MR) is 103 cm³/mol. The van der Waals surface area contributed by atoms with E-state index in [1.54, 1.807) is 6.92 Å². The Labute approximate surface area is 160 Å². The topological polar surface area (TPSA) is 102 Å². The van der Waals surface area contributed by atoms with Crippen molar-refractivity contribution in [2.45, 2.75) is 46.2 Å². The molecule has 2 aromatic heterocycles. The number of nitrogens with zero attached hydrogens (tertiary/aromatic N) is 2. The van der Waals surface area contributed by atoms with Crippen LogP contribution in [0.25, 0.3) is 10.2 Å². The van der Waals surface area contributed by atoms with Crippen molar-refractivity contribution in [2.75, 3.05) is 6.61 Å². The first-order valence-electron chi connectivity index (χ1n) is 8.93. The molecular formula is C18H22N4O4S. The molecule has 0 aromatic carbocycles. The first-order chi connectivity index (χ1) is 13.0. The van der Waals surface area contributed by atoms with Gasteiger partial charge in [-0.15, -0.1) is 11.3 Å². The van der Waals surface area contributed by atoms with Gasteiger partial charge in [0.1, 0.15) is 4.83 Å². The van der Waals surface area contributed by atoms with Crippen LogP contribution >= 0.6 is 11.3 Å². The fourth-order valence-corrected chi connectivity index (χ4v) is 3.98. The van der Waals surface area contributed by atoms with Crippen molar-refractivity contribution in [2.24, 2.45) is 0 Å². The molecule has 0 bridgehead atoms. The lowest BCUT2D eigenvalue weighted by Crippen LogP contribution is -2.51. The Morgan fingerprint density at radius 2 is 2.11 bits per heavy atom. The number of allylic oxidation sites excluding steroid dienone is 1. The Hall–Kier alpha value is -2.68. The molecule has 0 spiro atoms. The second kappa shape index (κ2) is 7.91. The van der Waals surface area contributed by atoms with Gasteiger partial charge in [0, 0.05) is 4.88 Å². The minimum absolute atomic E-state index is 0.0388. The monoisotopic (exact) mass is 390 g/mol. The average Bonchev–Trinajstić information content (AvgIpc) is 3.08. The molecule has 3 heterocycles. The Morgan fingerprint density at radius 3 is 2.78 bits per heavy atom. The van der Waals surface area contributed by atoms with Crippen molar-refractivity contribution >= 4 is 33.6 Å². The molecule has 1 aliphatic heterocycles. The lowest BCUT2D eigenvalue weighted by molar-refractivity contribution is -0.139. The second-order valence-electron chi connectivity index (χ2n) is 6.13. The van der Waals surface area contributed by atoms with E-state index in [0.29, 0.717) is 27.9 Å². The number of urea groups is 1. The minimum atomic E-state index is -0.502. The largest absolute Gasteiger partial charge is 0.463 e. The van der Waals surface area contributed by atoms with E-state index in [2.05, 4.69) is 15.6 Å². The van der Waals surface area contributed by atoms with Crippen molar-refractivity contribution < 1.29 is 14.3 Å². The van der Waals surface area contributed by atoms with Crippen LogP contribution in [0.15, 0.2) is 28.5 Å². The molecule has 2 aromatic rings. The van der Waals surface area contributed by atoms with Gasteiger partial charge in [-0.1, -0.05) is 13.8 Å². The molecular weight excluding hydrogens is 368 g/mol. The quantitative estimate of drug-likeness (QED) is 0.734. The van der Waals surface area contributed by atoms with E-state index in [1.165, 1.54) is 22.2 Å². The van der Waals surface area contributed by atoms with Crippen LogP contribution in [0.4, 0.5) is 4.79 Å². The summed E-state index contributed by atoms with van der Waals surface area (Å²) >= 11 is 1.49. The van der Waals surface area contributed by atoms with Gasteiger partial charge in [0.05, 0.1) is 42.2 Å². The van der Waals surface area contributed by atoms with Crippen LogP contribution in [0.2, 0.25) is 0 Å². The minimum Gasteiger partial charge on any atom is -0.463 e. The summed E-state index contributed by atoms with van der Waals surface area (Å²) in [7, 11) is 0. The molecule has 0 radical (unpaired) electrons.